The van der Waals surface area contributed by atoms with Gasteiger partial charge in [-0.2, -0.15) is 12.1 Å². The topological polar surface area (TPSA) is 40.5 Å². The van der Waals surface area contributed by atoms with E-state index in [1.807, 2.05) is 64.1 Å². The number of hydrogen-bond donors (Lipinski definition) is 2. The Morgan fingerprint density at radius 2 is 0.762 bits per heavy atom. The van der Waals surface area contributed by atoms with Gasteiger partial charge in [0.25, 0.3) is 0 Å². The summed E-state index contributed by atoms with van der Waals surface area (Å²) in [5.41, 5.74) is 6.46. The van der Waals surface area contributed by atoms with Gasteiger partial charge >= 0.3 is 26.2 Å². The van der Waals surface area contributed by atoms with E-state index < -0.39 is 0 Å². The van der Waals surface area contributed by atoms with Crippen LogP contribution in [0.25, 0.3) is 21.5 Å². The standard InChI is InChI=1S/2C10H9.2C8H10O.C2H6Si.Zr/c2*1-8-6-9-4-2-3-5-10(9)7-8;2*1-6-4-3-5-7(2)8(6)9;1-3-2;/h2*2-7H,1H3;2*3-5,9H,1-2H3;1-2H3;/q2*-1;;;;+2. The molecule has 0 aliphatic heterocycles. The van der Waals surface area contributed by atoms with Crippen molar-refractivity contribution in [1.82, 2.24) is 0 Å². The molecule has 6 rings (SSSR count). The molecule has 42 heavy (non-hydrogen) atoms. The molecule has 2 N–H and O–H groups in total. The van der Waals surface area contributed by atoms with Crippen molar-refractivity contribution in [1.29, 1.82) is 0 Å². The van der Waals surface area contributed by atoms with Crippen LogP contribution in [-0.2, 0) is 26.2 Å². The molecule has 2 nitrogen and oxygen atoms in total. The summed E-state index contributed by atoms with van der Waals surface area (Å²) in [5.74, 6) is 0.829. The fraction of sp³-hybridized carbons (Fsp3) is 0.211. The molecule has 6 aromatic rings. The van der Waals surface area contributed by atoms with Gasteiger partial charge < -0.3 is 10.2 Å². The number of aryl methyl sites for hydroxylation is 6. The predicted octanol–water partition coefficient (Wildman–Crippen LogP) is 10.5. The fourth-order valence-corrected chi connectivity index (χ4v) is 4.22. The molecule has 0 atom stereocenters. The van der Waals surface area contributed by atoms with Crippen molar-refractivity contribution in [2.45, 2.75) is 54.6 Å². The van der Waals surface area contributed by atoms with Gasteiger partial charge in [-0.05, 0) is 49.9 Å². The second-order valence-electron chi connectivity index (χ2n) is 10.3. The molecule has 0 saturated carbocycles. The Kier molecular flexibility index (Phi) is 16.7. The van der Waals surface area contributed by atoms with Crippen LogP contribution in [0.4, 0.5) is 0 Å². The van der Waals surface area contributed by atoms with Crippen LogP contribution in [0.15, 0.2) is 109 Å². The zero-order chi connectivity index (χ0) is 30.4. The van der Waals surface area contributed by atoms with Crippen LogP contribution in [-0.4, -0.2) is 19.7 Å². The van der Waals surface area contributed by atoms with Gasteiger partial charge in [-0.25, -0.2) is 0 Å². The largest absolute Gasteiger partial charge is 2.00 e. The minimum Gasteiger partial charge on any atom is -0.507 e. The van der Waals surface area contributed by atoms with E-state index >= 15 is 0 Å². The quantitative estimate of drug-likeness (QED) is 0.127. The fourth-order valence-electron chi connectivity index (χ4n) is 4.22. The molecule has 2 radical (unpaired) electrons. The van der Waals surface area contributed by atoms with Crippen LogP contribution in [0.2, 0.25) is 13.1 Å². The summed E-state index contributed by atoms with van der Waals surface area (Å²) in [4.78, 5) is 0. The van der Waals surface area contributed by atoms with Gasteiger partial charge in [0, 0.05) is 9.52 Å². The third-order valence-electron chi connectivity index (χ3n) is 6.40. The first kappa shape index (κ1) is 36.8. The molecule has 4 heteroatoms. The van der Waals surface area contributed by atoms with Crippen molar-refractivity contribution in [3.05, 3.63) is 143 Å². The molecule has 0 unspecified atom stereocenters. The first-order chi connectivity index (χ1) is 19.6. The number of aromatic hydroxyl groups is 2. The van der Waals surface area contributed by atoms with E-state index in [0.29, 0.717) is 11.5 Å². The summed E-state index contributed by atoms with van der Waals surface area (Å²) in [5, 5.41) is 23.8. The first-order valence-electron chi connectivity index (χ1n) is 13.9. The minimum atomic E-state index is 0. The molecule has 0 aliphatic rings. The van der Waals surface area contributed by atoms with E-state index in [-0.39, 0.29) is 26.2 Å². The van der Waals surface area contributed by atoms with Gasteiger partial charge in [-0.15, -0.1) is 81.2 Å². The van der Waals surface area contributed by atoms with Crippen molar-refractivity contribution >= 4 is 31.1 Å². The normalized spacial score (nSPS) is 9.52. The van der Waals surface area contributed by atoms with Gasteiger partial charge in [0.15, 0.2) is 0 Å². The van der Waals surface area contributed by atoms with E-state index in [0.717, 1.165) is 31.8 Å². The Hall–Kier alpha value is -3.20. The smallest absolute Gasteiger partial charge is 0.507 e. The van der Waals surface area contributed by atoms with Crippen LogP contribution in [0.1, 0.15) is 33.4 Å². The Labute approximate surface area is 274 Å². The molecule has 0 bridgehead atoms. The maximum absolute atomic E-state index is 9.21. The summed E-state index contributed by atoms with van der Waals surface area (Å²) >= 11 is 0. The van der Waals surface area contributed by atoms with Gasteiger partial charge in [0.05, 0.1) is 0 Å². The van der Waals surface area contributed by atoms with E-state index in [1.165, 1.54) is 32.7 Å². The first-order valence-corrected chi connectivity index (χ1v) is 15.9. The SMILES string of the molecule is C[Si]C.Cc1cc2ccccc2[cH-]1.Cc1cc2ccccc2[cH-]1.Cc1cccc(C)c1O.Cc1cccc(C)c1O.[Zr+2]. The molecule has 0 fully saturated rings. The third kappa shape index (κ3) is 12.0. The average molecular weight is 652 g/mol. The van der Waals surface area contributed by atoms with Crippen molar-refractivity contribution in [3.63, 3.8) is 0 Å². The molecular formula is C38H44O2SiZr. The maximum atomic E-state index is 9.21. The number of hydrogen-bond acceptors (Lipinski definition) is 2. The Balaban J connectivity index is 0.000000270. The van der Waals surface area contributed by atoms with Crippen LogP contribution >= 0.6 is 0 Å². The Morgan fingerprint density at radius 1 is 0.476 bits per heavy atom. The Bertz CT molecular complexity index is 1400. The summed E-state index contributed by atoms with van der Waals surface area (Å²) in [6.07, 6.45) is 0. The second-order valence-corrected chi connectivity index (χ2v) is 11.3. The second kappa shape index (κ2) is 19.1. The molecule has 0 heterocycles. The number of fused-ring (bicyclic) bond motifs is 2. The minimum absolute atomic E-state index is 0. The van der Waals surface area contributed by atoms with Crippen molar-refractivity contribution in [3.8, 4) is 11.5 Å². The van der Waals surface area contributed by atoms with Gasteiger partial charge in [0.1, 0.15) is 11.5 Å². The number of phenols is 2. The maximum Gasteiger partial charge on any atom is 2.00 e. The zero-order valence-electron chi connectivity index (χ0n) is 26.3. The van der Waals surface area contributed by atoms with Crippen molar-refractivity contribution in [2.24, 2.45) is 0 Å². The van der Waals surface area contributed by atoms with E-state index in [2.05, 4.69) is 99.7 Å². The number of phenolic OH excluding ortho intramolecular Hbond substituents is 2. The van der Waals surface area contributed by atoms with E-state index in [1.54, 1.807) is 0 Å². The molecule has 0 aliphatic carbocycles. The van der Waals surface area contributed by atoms with Crippen LogP contribution < -0.4 is 0 Å². The molecule has 0 amide bonds. The van der Waals surface area contributed by atoms with E-state index in [9.17, 15) is 10.2 Å². The number of para-hydroxylation sites is 2. The number of rotatable bonds is 0. The van der Waals surface area contributed by atoms with Crippen LogP contribution in [0, 0.1) is 41.5 Å². The third-order valence-corrected chi connectivity index (χ3v) is 6.40. The predicted molar refractivity (Wildman–Crippen MR) is 181 cm³/mol. The van der Waals surface area contributed by atoms with E-state index in [4.69, 9.17) is 0 Å². The van der Waals surface area contributed by atoms with Gasteiger partial charge in [-0.3, -0.25) is 0 Å². The van der Waals surface area contributed by atoms with Gasteiger partial charge in [-0.1, -0.05) is 75.5 Å². The molecule has 216 valence electrons. The van der Waals surface area contributed by atoms with Crippen molar-refractivity contribution < 1.29 is 36.4 Å². The average Bonchev–Trinajstić information content (AvgIpc) is 3.52. The zero-order valence-corrected chi connectivity index (χ0v) is 29.7. The summed E-state index contributed by atoms with van der Waals surface area (Å²) in [6.45, 7) is 16.1. The molecule has 0 saturated heterocycles. The number of benzene rings is 4. The molecule has 0 aromatic heterocycles. The summed E-state index contributed by atoms with van der Waals surface area (Å²) < 4.78 is 0. The molecule has 6 aromatic carbocycles. The monoisotopic (exact) mass is 650 g/mol. The van der Waals surface area contributed by atoms with Crippen LogP contribution in [0.3, 0.4) is 0 Å². The van der Waals surface area contributed by atoms with Crippen LogP contribution in [0.5, 0.6) is 11.5 Å². The van der Waals surface area contributed by atoms with Gasteiger partial charge in [0.2, 0.25) is 0 Å². The summed E-state index contributed by atoms with van der Waals surface area (Å²) in [7, 11) is 1.08. The molecule has 0 spiro atoms. The Morgan fingerprint density at radius 3 is 1.02 bits per heavy atom. The van der Waals surface area contributed by atoms with Crippen molar-refractivity contribution in [2.75, 3.05) is 0 Å². The molecular weight excluding hydrogens is 608 g/mol. The summed E-state index contributed by atoms with van der Waals surface area (Å²) in [6, 6.07) is 37.1.